The van der Waals surface area contributed by atoms with Crippen LogP contribution in [0.15, 0.2) is 24.3 Å². The predicted octanol–water partition coefficient (Wildman–Crippen LogP) is 2.46. The topological polar surface area (TPSA) is 30.5 Å². The van der Waals surface area contributed by atoms with Gasteiger partial charge in [0.25, 0.3) is 0 Å². The van der Waals surface area contributed by atoms with Crippen molar-refractivity contribution >= 4 is 0 Å². The van der Waals surface area contributed by atoms with Gasteiger partial charge in [0, 0.05) is 0 Å². The van der Waals surface area contributed by atoms with Gasteiger partial charge in [0.2, 0.25) is 0 Å². The van der Waals surface area contributed by atoms with E-state index in [-0.39, 0.29) is 6.10 Å². The summed E-state index contributed by atoms with van der Waals surface area (Å²) < 4.78 is 10.9. The number of ether oxygens (including phenoxy) is 2. The van der Waals surface area contributed by atoms with Crippen LogP contribution < -0.4 is 14.8 Å². The number of methoxy groups -OCH3 is 1. The lowest BCUT2D eigenvalue weighted by molar-refractivity contribution is 0.210. The van der Waals surface area contributed by atoms with Crippen molar-refractivity contribution in [3.05, 3.63) is 24.3 Å². The standard InChI is InChI=1S/C13H21NO2/c1-4-14-10-9-11(2)16-13-7-5-12(15-3)6-8-13/h5-8,11,14H,4,9-10H2,1-3H3. The van der Waals surface area contributed by atoms with E-state index >= 15 is 0 Å². The molecule has 1 unspecified atom stereocenters. The molecular formula is C13H21NO2. The molecule has 0 aliphatic heterocycles. The smallest absolute Gasteiger partial charge is 0.119 e. The zero-order valence-corrected chi connectivity index (χ0v) is 10.3. The van der Waals surface area contributed by atoms with Crippen molar-refractivity contribution in [2.45, 2.75) is 26.4 Å². The van der Waals surface area contributed by atoms with E-state index in [1.165, 1.54) is 0 Å². The summed E-state index contributed by atoms with van der Waals surface area (Å²) in [7, 11) is 1.66. The Bertz CT molecular complexity index is 284. The first-order chi connectivity index (χ1) is 7.76. The third-order valence-electron chi connectivity index (χ3n) is 2.37. The fourth-order valence-electron chi connectivity index (χ4n) is 1.43. The molecule has 16 heavy (non-hydrogen) atoms. The number of hydrogen-bond donors (Lipinski definition) is 1. The molecule has 0 fully saturated rings. The van der Waals surface area contributed by atoms with E-state index in [0.717, 1.165) is 31.0 Å². The van der Waals surface area contributed by atoms with Crippen LogP contribution in [-0.2, 0) is 0 Å². The fourth-order valence-corrected chi connectivity index (χ4v) is 1.43. The zero-order valence-electron chi connectivity index (χ0n) is 10.3. The molecular weight excluding hydrogens is 202 g/mol. The van der Waals surface area contributed by atoms with Crippen molar-refractivity contribution in [1.82, 2.24) is 5.32 Å². The molecule has 1 atom stereocenters. The zero-order chi connectivity index (χ0) is 11.8. The van der Waals surface area contributed by atoms with Crippen LogP contribution in [0.5, 0.6) is 11.5 Å². The molecule has 90 valence electrons. The van der Waals surface area contributed by atoms with Crippen LogP contribution in [0.2, 0.25) is 0 Å². The lowest BCUT2D eigenvalue weighted by Crippen LogP contribution is -2.21. The summed E-state index contributed by atoms with van der Waals surface area (Å²) in [6.45, 7) is 6.19. The summed E-state index contributed by atoms with van der Waals surface area (Å²) >= 11 is 0. The summed E-state index contributed by atoms with van der Waals surface area (Å²) in [5.41, 5.74) is 0. The molecule has 3 nitrogen and oxygen atoms in total. The Labute approximate surface area is 97.8 Å². The molecule has 3 heteroatoms. The van der Waals surface area contributed by atoms with Crippen molar-refractivity contribution in [1.29, 1.82) is 0 Å². The highest BCUT2D eigenvalue weighted by molar-refractivity contribution is 5.31. The van der Waals surface area contributed by atoms with Gasteiger partial charge in [0.05, 0.1) is 13.2 Å². The molecule has 0 radical (unpaired) electrons. The second kappa shape index (κ2) is 7.12. The Kier molecular flexibility index (Phi) is 5.72. The fraction of sp³-hybridized carbons (Fsp3) is 0.538. The van der Waals surface area contributed by atoms with E-state index in [1.54, 1.807) is 7.11 Å². The predicted molar refractivity (Wildman–Crippen MR) is 66.2 cm³/mol. The lowest BCUT2D eigenvalue weighted by atomic mass is 10.2. The monoisotopic (exact) mass is 223 g/mol. The molecule has 0 saturated carbocycles. The Morgan fingerprint density at radius 1 is 1.19 bits per heavy atom. The van der Waals surface area contributed by atoms with Gasteiger partial charge >= 0.3 is 0 Å². The molecule has 0 amide bonds. The molecule has 0 saturated heterocycles. The Morgan fingerprint density at radius 3 is 2.38 bits per heavy atom. The Balaban J connectivity index is 2.34. The van der Waals surface area contributed by atoms with Crippen LogP contribution in [-0.4, -0.2) is 26.3 Å². The number of benzene rings is 1. The molecule has 0 bridgehead atoms. The summed E-state index contributed by atoms with van der Waals surface area (Å²) in [5, 5.41) is 3.28. The van der Waals surface area contributed by atoms with Gasteiger partial charge in [-0.25, -0.2) is 0 Å². The van der Waals surface area contributed by atoms with Crippen LogP contribution >= 0.6 is 0 Å². The highest BCUT2D eigenvalue weighted by Gasteiger charge is 2.03. The Morgan fingerprint density at radius 2 is 1.81 bits per heavy atom. The molecule has 1 aromatic carbocycles. The quantitative estimate of drug-likeness (QED) is 0.720. The van der Waals surface area contributed by atoms with Crippen LogP contribution in [0.1, 0.15) is 20.3 Å². The SMILES string of the molecule is CCNCCC(C)Oc1ccc(OC)cc1. The van der Waals surface area contributed by atoms with E-state index in [4.69, 9.17) is 9.47 Å². The van der Waals surface area contributed by atoms with Gasteiger partial charge in [0.15, 0.2) is 0 Å². The van der Waals surface area contributed by atoms with Crippen molar-refractivity contribution in [3.63, 3.8) is 0 Å². The van der Waals surface area contributed by atoms with Gasteiger partial charge in [-0.2, -0.15) is 0 Å². The lowest BCUT2D eigenvalue weighted by Gasteiger charge is -2.14. The van der Waals surface area contributed by atoms with Crippen molar-refractivity contribution < 1.29 is 9.47 Å². The summed E-state index contributed by atoms with van der Waals surface area (Å²) in [4.78, 5) is 0. The average Bonchev–Trinajstić information content (AvgIpc) is 2.30. The first-order valence-corrected chi connectivity index (χ1v) is 5.77. The number of hydrogen-bond acceptors (Lipinski definition) is 3. The van der Waals surface area contributed by atoms with E-state index < -0.39 is 0 Å². The van der Waals surface area contributed by atoms with E-state index in [9.17, 15) is 0 Å². The van der Waals surface area contributed by atoms with Crippen LogP contribution in [0.3, 0.4) is 0 Å². The third kappa shape index (κ3) is 4.53. The second-order valence-corrected chi connectivity index (χ2v) is 3.75. The molecule has 0 spiro atoms. The molecule has 1 N–H and O–H groups in total. The van der Waals surface area contributed by atoms with Gasteiger partial charge in [-0.1, -0.05) is 6.92 Å². The summed E-state index contributed by atoms with van der Waals surface area (Å²) in [5.74, 6) is 1.75. The minimum absolute atomic E-state index is 0.229. The van der Waals surface area contributed by atoms with E-state index in [0.29, 0.717) is 0 Å². The molecule has 0 aliphatic carbocycles. The average molecular weight is 223 g/mol. The van der Waals surface area contributed by atoms with Crippen molar-refractivity contribution in [2.75, 3.05) is 20.2 Å². The normalized spacial score (nSPS) is 12.2. The molecule has 0 aliphatic rings. The maximum atomic E-state index is 5.76. The molecule has 0 heterocycles. The molecule has 1 aromatic rings. The number of rotatable bonds is 7. The van der Waals surface area contributed by atoms with Crippen molar-refractivity contribution in [3.8, 4) is 11.5 Å². The molecule has 0 aromatic heterocycles. The van der Waals surface area contributed by atoms with E-state index in [1.807, 2.05) is 24.3 Å². The van der Waals surface area contributed by atoms with Gasteiger partial charge in [-0.15, -0.1) is 0 Å². The molecule has 1 rings (SSSR count). The highest BCUT2D eigenvalue weighted by atomic mass is 16.5. The minimum atomic E-state index is 0.229. The first-order valence-electron chi connectivity index (χ1n) is 5.77. The van der Waals surface area contributed by atoms with Crippen LogP contribution in [0.25, 0.3) is 0 Å². The van der Waals surface area contributed by atoms with Crippen LogP contribution in [0, 0.1) is 0 Å². The number of nitrogens with one attached hydrogen (secondary N) is 1. The van der Waals surface area contributed by atoms with Crippen molar-refractivity contribution in [2.24, 2.45) is 0 Å². The van der Waals surface area contributed by atoms with Gasteiger partial charge in [-0.05, 0) is 50.7 Å². The van der Waals surface area contributed by atoms with Gasteiger partial charge in [-0.3, -0.25) is 0 Å². The van der Waals surface area contributed by atoms with Crippen LogP contribution in [0.4, 0.5) is 0 Å². The largest absolute Gasteiger partial charge is 0.497 e. The summed E-state index contributed by atoms with van der Waals surface area (Å²) in [6, 6.07) is 7.68. The van der Waals surface area contributed by atoms with E-state index in [2.05, 4.69) is 19.2 Å². The van der Waals surface area contributed by atoms with Gasteiger partial charge < -0.3 is 14.8 Å². The first kappa shape index (κ1) is 12.8. The maximum Gasteiger partial charge on any atom is 0.119 e. The third-order valence-corrected chi connectivity index (χ3v) is 2.37. The maximum absolute atomic E-state index is 5.76. The summed E-state index contributed by atoms with van der Waals surface area (Å²) in [6.07, 6.45) is 1.24. The highest BCUT2D eigenvalue weighted by Crippen LogP contribution is 2.18. The minimum Gasteiger partial charge on any atom is -0.497 e. The van der Waals surface area contributed by atoms with Gasteiger partial charge in [0.1, 0.15) is 11.5 Å². The second-order valence-electron chi connectivity index (χ2n) is 3.75. The Hall–Kier alpha value is -1.22.